The van der Waals surface area contributed by atoms with E-state index in [9.17, 15) is 4.79 Å². The third-order valence-corrected chi connectivity index (χ3v) is 5.65. The van der Waals surface area contributed by atoms with Crippen LogP contribution < -0.4 is 19.5 Å². The molecule has 0 atom stereocenters. The Morgan fingerprint density at radius 2 is 1.47 bits per heavy atom. The van der Waals surface area contributed by atoms with Crippen LogP contribution in [0.25, 0.3) is 0 Å². The number of rotatable bonds is 12. The van der Waals surface area contributed by atoms with E-state index in [4.69, 9.17) is 14.2 Å². The third-order valence-electron chi connectivity index (χ3n) is 5.65. The first-order valence-corrected chi connectivity index (χ1v) is 11.8. The van der Waals surface area contributed by atoms with Crippen LogP contribution in [0, 0.1) is 19.3 Å². The Morgan fingerprint density at radius 3 is 2.26 bits per heavy atom. The molecule has 0 radical (unpaired) electrons. The van der Waals surface area contributed by atoms with E-state index < -0.39 is 5.41 Å². The number of nitrogens with one attached hydrogen (secondary N) is 1. The van der Waals surface area contributed by atoms with Gasteiger partial charge in [-0.2, -0.15) is 0 Å². The minimum Gasteiger partial charge on any atom is -0.493 e. The highest BCUT2D eigenvalue weighted by Gasteiger charge is 2.28. The number of carbonyl (C=O) groups excluding carboxylic acids is 1. The van der Waals surface area contributed by atoms with Crippen molar-refractivity contribution in [2.24, 2.45) is 5.41 Å². The first-order valence-electron chi connectivity index (χ1n) is 11.8. The summed E-state index contributed by atoms with van der Waals surface area (Å²) in [4.78, 5) is 13.0. The molecular weight excluding hydrogens is 426 g/mol. The van der Waals surface area contributed by atoms with Crippen molar-refractivity contribution in [3.8, 4) is 17.2 Å². The molecule has 3 aromatic rings. The number of hydrogen-bond donors (Lipinski definition) is 1. The van der Waals surface area contributed by atoms with Crippen molar-refractivity contribution in [2.45, 2.75) is 40.5 Å². The zero-order chi connectivity index (χ0) is 24.4. The molecule has 0 heterocycles. The fourth-order valence-corrected chi connectivity index (χ4v) is 3.49. The molecule has 0 saturated heterocycles. The summed E-state index contributed by atoms with van der Waals surface area (Å²) in [5.74, 6) is 2.29. The summed E-state index contributed by atoms with van der Waals surface area (Å²) in [5, 5.41) is 3.04. The average molecular weight is 462 g/mol. The maximum Gasteiger partial charge on any atom is 0.230 e. The molecule has 3 rings (SSSR count). The molecule has 0 aromatic heterocycles. The van der Waals surface area contributed by atoms with Crippen molar-refractivity contribution >= 4 is 11.6 Å². The molecule has 0 unspecified atom stereocenters. The second-order valence-corrected chi connectivity index (χ2v) is 9.07. The highest BCUT2D eigenvalue weighted by molar-refractivity contribution is 5.96. The highest BCUT2D eigenvalue weighted by atomic mass is 16.5. The Hall–Kier alpha value is -3.47. The fraction of sp³-hybridized carbons (Fsp3) is 0.345. The summed E-state index contributed by atoms with van der Waals surface area (Å²) in [7, 11) is 0. The SMILES string of the molecule is Cc1ccc(C)c(OCCCC(C)(C)C(=O)Nc2ccccc2OCCOc2ccccc2)c1. The van der Waals surface area contributed by atoms with E-state index in [-0.39, 0.29) is 5.91 Å². The molecule has 0 aliphatic carbocycles. The smallest absolute Gasteiger partial charge is 0.230 e. The van der Waals surface area contributed by atoms with E-state index in [1.165, 1.54) is 5.56 Å². The predicted octanol–water partition coefficient (Wildman–Crippen LogP) is 6.59. The Morgan fingerprint density at radius 1 is 0.794 bits per heavy atom. The highest BCUT2D eigenvalue weighted by Crippen LogP contribution is 2.29. The van der Waals surface area contributed by atoms with Gasteiger partial charge in [0, 0.05) is 5.41 Å². The van der Waals surface area contributed by atoms with Crippen LogP contribution in [-0.2, 0) is 4.79 Å². The van der Waals surface area contributed by atoms with Crippen molar-refractivity contribution in [1.82, 2.24) is 0 Å². The fourth-order valence-electron chi connectivity index (χ4n) is 3.49. The molecule has 3 aromatic carbocycles. The maximum atomic E-state index is 13.0. The molecule has 0 saturated carbocycles. The molecule has 5 nitrogen and oxygen atoms in total. The van der Waals surface area contributed by atoms with Gasteiger partial charge in [-0.3, -0.25) is 4.79 Å². The Bertz CT molecular complexity index is 1060. The van der Waals surface area contributed by atoms with E-state index >= 15 is 0 Å². The van der Waals surface area contributed by atoms with Gasteiger partial charge in [-0.1, -0.05) is 56.3 Å². The van der Waals surface area contributed by atoms with Crippen LogP contribution in [0.1, 0.15) is 37.8 Å². The zero-order valence-corrected chi connectivity index (χ0v) is 20.6. The number of anilines is 1. The minimum absolute atomic E-state index is 0.0455. The van der Waals surface area contributed by atoms with Crippen LogP contribution in [0.5, 0.6) is 17.2 Å². The van der Waals surface area contributed by atoms with Crippen LogP contribution in [-0.4, -0.2) is 25.7 Å². The number of hydrogen-bond acceptors (Lipinski definition) is 4. The molecule has 1 amide bonds. The predicted molar refractivity (Wildman–Crippen MR) is 137 cm³/mol. The summed E-state index contributed by atoms with van der Waals surface area (Å²) in [6, 6.07) is 23.3. The average Bonchev–Trinajstić information content (AvgIpc) is 2.83. The van der Waals surface area contributed by atoms with Crippen molar-refractivity contribution in [3.05, 3.63) is 83.9 Å². The van der Waals surface area contributed by atoms with E-state index in [2.05, 4.69) is 30.4 Å². The molecular formula is C29H35NO4. The van der Waals surface area contributed by atoms with Crippen molar-refractivity contribution < 1.29 is 19.0 Å². The van der Waals surface area contributed by atoms with E-state index in [0.717, 1.165) is 23.5 Å². The molecule has 0 aliphatic heterocycles. The number of ether oxygens (including phenoxy) is 3. The second kappa shape index (κ2) is 12.1. The topological polar surface area (TPSA) is 56.8 Å². The lowest BCUT2D eigenvalue weighted by Gasteiger charge is -2.24. The van der Waals surface area contributed by atoms with Gasteiger partial charge in [-0.15, -0.1) is 0 Å². The lowest BCUT2D eigenvalue weighted by Crippen LogP contribution is -2.31. The van der Waals surface area contributed by atoms with Gasteiger partial charge in [0.1, 0.15) is 30.5 Å². The Labute approximate surface area is 203 Å². The molecule has 34 heavy (non-hydrogen) atoms. The first-order chi connectivity index (χ1) is 16.3. The molecule has 0 aliphatic rings. The van der Waals surface area contributed by atoms with Crippen LogP contribution in [0.2, 0.25) is 0 Å². The van der Waals surface area contributed by atoms with Gasteiger partial charge in [-0.25, -0.2) is 0 Å². The lowest BCUT2D eigenvalue weighted by molar-refractivity contribution is -0.124. The quantitative estimate of drug-likeness (QED) is 0.309. The zero-order valence-electron chi connectivity index (χ0n) is 20.6. The van der Waals surface area contributed by atoms with Gasteiger partial charge >= 0.3 is 0 Å². The van der Waals surface area contributed by atoms with Crippen LogP contribution >= 0.6 is 0 Å². The van der Waals surface area contributed by atoms with Gasteiger partial charge in [0.2, 0.25) is 5.91 Å². The van der Waals surface area contributed by atoms with Crippen LogP contribution in [0.3, 0.4) is 0 Å². The normalized spacial score (nSPS) is 11.1. The number of para-hydroxylation sites is 3. The van der Waals surface area contributed by atoms with Gasteiger partial charge in [0.15, 0.2) is 0 Å². The summed E-state index contributed by atoms with van der Waals surface area (Å²) in [5.41, 5.74) is 2.40. The largest absolute Gasteiger partial charge is 0.493 e. The maximum absolute atomic E-state index is 13.0. The van der Waals surface area contributed by atoms with Crippen LogP contribution in [0.15, 0.2) is 72.8 Å². The lowest BCUT2D eigenvalue weighted by atomic mass is 9.87. The second-order valence-electron chi connectivity index (χ2n) is 9.07. The van der Waals surface area contributed by atoms with Crippen LogP contribution in [0.4, 0.5) is 5.69 Å². The Kier molecular flexibility index (Phi) is 8.97. The third kappa shape index (κ3) is 7.55. The molecule has 5 heteroatoms. The number of carbonyl (C=O) groups is 1. The summed E-state index contributed by atoms with van der Waals surface area (Å²) >= 11 is 0. The van der Waals surface area contributed by atoms with E-state index in [0.29, 0.717) is 37.7 Å². The summed E-state index contributed by atoms with van der Waals surface area (Å²) in [6.07, 6.45) is 1.49. The van der Waals surface area contributed by atoms with Gasteiger partial charge in [-0.05, 0) is 68.1 Å². The van der Waals surface area contributed by atoms with Crippen molar-refractivity contribution in [2.75, 3.05) is 25.1 Å². The van der Waals surface area contributed by atoms with Crippen molar-refractivity contribution in [3.63, 3.8) is 0 Å². The number of benzene rings is 3. The molecule has 0 bridgehead atoms. The molecule has 0 spiro atoms. The Balaban J connectivity index is 1.47. The first kappa shape index (κ1) is 25.2. The summed E-state index contributed by atoms with van der Waals surface area (Å²) in [6.45, 7) is 9.37. The standard InChI is InChI=1S/C29H35NO4/c1-22-15-16-23(2)27(21-22)33-18-10-17-29(3,4)28(31)30-25-13-8-9-14-26(25)34-20-19-32-24-11-6-5-7-12-24/h5-9,11-16,21H,10,17-20H2,1-4H3,(H,30,31). The molecule has 180 valence electrons. The van der Waals surface area contributed by atoms with Gasteiger partial charge in [0.25, 0.3) is 0 Å². The van der Waals surface area contributed by atoms with E-state index in [1.807, 2.05) is 75.4 Å². The minimum atomic E-state index is -0.547. The van der Waals surface area contributed by atoms with Gasteiger partial charge < -0.3 is 19.5 Å². The van der Waals surface area contributed by atoms with E-state index in [1.54, 1.807) is 0 Å². The molecule has 0 fully saturated rings. The number of aryl methyl sites for hydroxylation is 2. The summed E-state index contributed by atoms with van der Waals surface area (Å²) < 4.78 is 17.5. The van der Waals surface area contributed by atoms with Gasteiger partial charge in [0.05, 0.1) is 12.3 Å². The molecule has 1 N–H and O–H groups in total. The monoisotopic (exact) mass is 461 g/mol. The van der Waals surface area contributed by atoms with Crippen molar-refractivity contribution in [1.29, 1.82) is 0 Å². The number of amides is 1.